The number of imide groups is 1. The van der Waals surface area contributed by atoms with Crippen LogP contribution in [0.25, 0.3) is 0 Å². The molecule has 2 amide bonds. The molecule has 1 aliphatic heterocycles. The van der Waals surface area contributed by atoms with Gasteiger partial charge in [-0.05, 0) is 43.5 Å². The molecule has 0 radical (unpaired) electrons. The van der Waals surface area contributed by atoms with Gasteiger partial charge in [0.2, 0.25) is 0 Å². The van der Waals surface area contributed by atoms with Crippen molar-refractivity contribution in [2.75, 3.05) is 6.61 Å². The van der Waals surface area contributed by atoms with Crippen molar-refractivity contribution < 1.29 is 27.0 Å². The predicted octanol–water partition coefficient (Wildman–Crippen LogP) is 2.25. The number of aryl methyl sites for hydroxylation is 2. The summed E-state index contributed by atoms with van der Waals surface area (Å²) >= 11 is 0. The average Bonchev–Trinajstić information content (AvgIpc) is 2.81. The van der Waals surface area contributed by atoms with Gasteiger partial charge in [-0.15, -0.1) is 9.35 Å². The summed E-state index contributed by atoms with van der Waals surface area (Å²) in [5, 5.41) is 0.325. The lowest BCUT2D eigenvalue weighted by atomic mass is 10.1. The Morgan fingerprint density at radius 2 is 1.62 bits per heavy atom. The summed E-state index contributed by atoms with van der Waals surface area (Å²) in [6, 6.07) is 2.82. The number of unbranched alkanes of at least 4 members (excludes halogenated alkanes) is 1. The van der Waals surface area contributed by atoms with Crippen LogP contribution >= 0.6 is 0 Å². The summed E-state index contributed by atoms with van der Waals surface area (Å²) in [5.41, 5.74) is 1.29. The number of ether oxygens (including phenoxy) is 1. The third-order valence-electron chi connectivity index (χ3n) is 3.65. The van der Waals surface area contributed by atoms with Crippen LogP contribution in [0.15, 0.2) is 17.0 Å². The van der Waals surface area contributed by atoms with E-state index in [0.29, 0.717) is 28.5 Å². The predicted molar refractivity (Wildman–Crippen MR) is 85.7 cm³/mol. The molecule has 1 aliphatic rings. The molecule has 7 nitrogen and oxygen atoms in total. The van der Waals surface area contributed by atoms with E-state index in [-0.39, 0.29) is 17.7 Å². The summed E-state index contributed by atoms with van der Waals surface area (Å²) in [6.07, 6.45) is 1.81. The molecule has 24 heavy (non-hydrogen) atoms. The second kappa shape index (κ2) is 7.31. The topological polar surface area (TPSA) is 90.0 Å². The van der Waals surface area contributed by atoms with Gasteiger partial charge in [-0.25, -0.2) is 0 Å². The first-order valence-electron chi connectivity index (χ1n) is 7.80. The maximum Gasteiger partial charge on any atom is 0.318 e. The molecule has 0 spiro atoms. The molecule has 0 bridgehead atoms. The number of rotatable bonds is 7. The average molecular weight is 355 g/mol. The Morgan fingerprint density at radius 3 is 2.12 bits per heavy atom. The molecule has 0 saturated carbocycles. The molecule has 0 unspecified atom stereocenters. The van der Waals surface area contributed by atoms with E-state index in [1.54, 1.807) is 13.8 Å². The van der Waals surface area contributed by atoms with Crippen LogP contribution in [0.2, 0.25) is 0 Å². The molecule has 2 rings (SSSR count). The second-order valence-electron chi connectivity index (χ2n) is 5.70. The summed E-state index contributed by atoms with van der Waals surface area (Å²) in [6.45, 7) is 6.08. The van der Waals surface area contributed by atoms with Crippen molar-refractivity contribution in [3.8, 4) is 5.75 Å². The van der Waals surface area contributed by atoms with Gasteiger partial charge in [0.25, 0.3) is 11.8 Å². The zero-order valence-electron chi connectivity index (χ0n) is 14.0. The van der Waals surface area contributed by atoms with E-state index >= 15 is 0 Å². The third kappa shape index (κ3) is 3.93. The molecule has 1 aromatic carbocycles. The van der Waals surface area contributed by atoms with Crippen molar-refractivity contribution in [1.29, 1.82) is 0 Å². The zero-order chi connectivity index (χ0) is 17.9. The number of hydrogen-bond donors (Lipinski definition) is 0. The monoisotopic (exact) mass is 355 g/mol. The number of carbonyl (C=O) groups excluding carboxylic acids is 2. The molecule has 132 valence electrons. The van der Waals surface area contributed by atoms with Gasteiger partial charge in [0, 0.05) is 12.8 Å². The minimum absolute atomic E-state index is 0.0450. The van der Waals surface area contributed by atoms with E-state index in [1.165, 1.54) is 12.1 Å². The molecule has 0 aromatic heterocycles. The van der Waals surface area contributed by atoms with E-state index in [9.17, 15) is 18.0 Å². The lowest BCUT2D eigenvalue weighted by Crippen LogP contribution is -2.32. The molecule has 1 aromatic rings. The minimum atomic E-state index is -4.27. The fourth-order valence-corrected chi connectivity index (χ4v) is 3.47. The van der Waals surface area contributed by atoms with Gasteiger partial charge in [0.05, 0.1) is 11.5 Å². The van der Waals surface area contributed by atoms with Gasteiger partial charge in [0.15, 0.2) is 0 Å². The lowest BCUT2D eigenvalue weighted by molar-refractivity contribution is -0.163. The van der Waals surface area contributed by atoms with Gasteiger partial charge < -0.3 is 4.74 Å². The van der Waals surface area contributed by atoms with Crippen LogP contribution in [-0.4, -0.2) is 31.9 Å². The lowest BCUT2D eigenvalue weighted by Gasteiger charge is -2.16. The molecule has 0 atom stereocenters. The summed E-state index contributed by atoms with van der Waals surface area (Å²) in [4.78, 5) is 22.9. The van der Waals surface area contributed by atoms with Crippen LogP contribution in [0.4, 0.5) is 0 Å². The Kier molecular flexibility index (Phi) is 5.61. The number of benzene rings is 1. The third-order valence-corrected chi connectivity index (χ3v) is 4.80. The fraction of sp³-hybridized carbons (Fsp3) is 0.500. The highest BCUT2D eigenvalue weighted by molar-refractivity contribution is 7.86. The standard InChI is InChI=1S/C16H21NO6S/c1-4-5-8-22-16-11(2)9-13(10-12(16)3)24(20,21)23-17-14(18)6-7-15(17)19/h9-10H,4-8H2,1-3H3. The molecule has 8 heteroatoms. The molecule has 0 aliphatic carbocycles. The normalized spacial score (nSPS) is 15.2. The Hall–Kier alpha value is -1.93. The van der Waals surface area contributed by atoms with Crippen molar-refractivity contribution in [3.63, 3.8) is 0 Å². The number of hydrogen-bond acceptors (Lipinski definition) is 6. The van der Waals surface area contributed by atoms with Crippen molar-refractivity contribution >= 4 is 21.9 Å². The minimum Gasteiger partial charge on any atom is -0.493 e. The SMILES string of the molecule is CCCCOc1c(C)cc(S(=O)(=O)ON2C(=O)CCC2=O)cc1C. The van der Waals surface area contributed by atoms with Gasteiger partial charge in [-0.3, -0.25) is 9.59 Å². The van der Waals surface area contributed by atoms with Gasteiger partial charge in [-0.1, -0.05) is 13.3 Å². The largest absolute Gasteiger partial charge is 0.493 e. The highest BCUT2D eigenvalue weighted by Crippen LogP contribution is 2.29. The summed E-state index contributed by atoms with van der Waals surface area (Å²) in [7, 11) is -4.27. The first-order chi connectivity index (χ1) is 11.3. The van der Waals surface area contributed by atoms with Gasteiger partial charge >= 0.3 is 10.1 Å². The first kappa shape index (κ1) is 18.4. The van der Waals surface area contributed by atoms with Crippen LogP contribution in [0.1, 0.15) is 43.7 Å². The van der Waals surface area contributed by atoms with Gasteiger partial charge in [-0.2, -0.15) is 8.42 Å². The summed E-state index contributed by atoms with van der Waals surface area (Å²) < 4.78 is 35.1. The first-order valence-corrected chi connectivity index (χ1v) is 9.21. The van der Waals surface area contributed by atoms with Crippen molar-refractivity contribution in [1.82, 2.24) is 5.06 Å². The Bertz CT molecular complexity index is 717. The molecular weight excluding hydrogens is 334 g/mol. The second-order valence-corrected chi connectivity index (χ2v) is 7.23. The highest BCUT2D eigenvalue weighted by atomic mass is 32.2. The van der Waals surface area contributed by atoms with Crippen LogP contribution in [0.3, 0.4) is 0 Å². The maximum absolute atomic E-state index is 12.3. The Balaban J connectivity index is 2.24. The summed E-state index contributed by atoms with van der Waals surface area (Å²) in [5.74, 6) is -0.677. The number of nitrogens with zero attached hydrogens (tertiary/aromatic N) is 1. The number of hydroxylamine groups is 2. The number of amides is 2. The Morgan fingerprint density at radius 1 is 1.08 bits per heavy atom. The molecule has 0 N–H and O–H groups in total. The number of carbonyl (C=O) groups is 2. The fourth-order valence-electron chi connectivity index (χ4n) is 2.38. The van der Waals surface area contributed by atoms with Gasteiger partial charge in [0.1, 0.15) is 5.75 Å². The van der Waals surface area contributed by atoms with E-state index in [2.05, 4.69) is 6.92 Å². The van der Waals surface area contributed by atoms with Crippen molar-refractivity contribution in [2.45, 2.75) is 51.3 Å². The molecule has 1 fully saturated rings. The highest BCUT2D eigenvalue weighted by Gasteiger charge is 2.35. The smallest absolute Gasteiger partial charge is 0.318 e. The zero-order valence-corrected chi connectivity index (χ0v) is 14.8. The quantitative estimate of drug-likeness (QED) is 0.550. The van der Waals surface area contributed by atoms with E-state index < -0.39 is 21.9 Å². The van der Waals surface area contributed by atoms with Crippen molar-refractivity contribution in [2.24, 2.45) is 0 Å². The van der Waals surface area contributed by atoms with Crippen LogP contribution in [-0.2, 0) is 24.0 Å². The Labute approximate surface area is 141 Å². The molecular formula is C16H21NO6S. The van der Waals surface area contributed by atoms with Crippen LogP contribution in [0.5, 0.6) is 5.75 Å². The van der Waals surface area contributed by atoms with Crippen LogP contribution < -0.4 is 4.74 Å². The van der Waals surface area contributed by atoms with E-state index in [4.69, 9.17) is 9.02 Å². The van der Waals surface area contributed by atoms with E-state index in [1.807, 2.05) is 0 Å². The molecule has 1 heterocycles. The van der Waals surface area contributed by atoms with E-state index in [0.717, 1.165) is 12.8 Å². The van der Waals surface area contributed by atoms with Crippen molar-refractivity contribution in [3.05, 3.63) is 23.3 Å². The maximum atomic E-state index is 12.3. The van der Waals surface area contributed by atoms with Crippen LogP contribution in [0, 0.1) is 13.8 Å². The molecule has 1 saturated heterocycles.